The molecular formula is C21H24S4. The summed E-state index contributed by atoms with van der Waals surface area (Å²) < 4.78 is 0.107. The van der Waals surface area contributed by atoms with Crippen molar-refractivity contribution in [2.24, 2.45) is 0 Å². The molecule has 0 fully saturated rings. The zero-order valence-corrected chi connectivity index (χ0v) is 19.4. The quantitative estimate of drug-likeness (QED) is 0.438. The molecule has 4 heteroatoms. The van der Waals surface area contributed by atoms with E-state index in [0.717, 1.165) is 0 Å². The molecule has 25 heavy (non-hydrogen) atoms. The van der Waals surface area contributed by atoms with Gasteiger partial charge in [-0.2, -0.15) is 0 Å². The van der Waals surface area contributed by atoms with Gasteiger partial charge in [-0.25, -0.2) is 0 Å². The summed E-state index contributed by atoms with van der Waals surface area (Å²) >= 11 is 8.34. The Balaban J connectivity index is 1.83. The van der Waals surface area contributed by atoms with E-state index in [0.29, 0.717) is 0 Å². The largest absolute Gasteiger partial charge is 0.171 e. The number of hydrogen-bond acceptors (Lipinski definition) is 4. The number of hydrogen-bond donors (Lipinski definition) is 0. The van der Waals surface area contributed by atoms with Crippen molar-refractivity contribution in [3.8, 4) is 0 Å². The van der Waals surface area contributed by atoms with Gasteiger partial charge >= 0.3 is 0 Å². The molecule has 0 nitrogen and oxygen atoms in total. The average molecular weight is 405 g/mol. The van der Waals surface area contributed by atoms with Crippen LogP contribution in [0.25, 0.3) is 0 Å². The van der Waals surface area contributed by atoms with Crippen molar-refractivity contribution in [2.75, 3.05) is 0 Å². The van der Waals surface area contributed by atoms with Crippen LogP contribution >= 0.6 is 47.0 Å². The van der Waals surface area contributed by atoms with Crippen molar-refractivity contribution >= 4 is 47.0 Å². The summed E-state index contributed by atoms with van der Waals surface area (Å²) in [6, 6.07) is 0. The zero-order chi connectivity index (χ0) is 18.3. The van der Waals surface area contributed by atoms with E-state index in [1.54, 1.807) is 0 Å². The van der Waals surface area contributed by atoms with Crippen molar-refractivity contribution in [2.45, 2.75) is 77.7 Å². The molecule has 0 bridgehead atoms. The molecule has 132 valence electrons. The Morgan fingerprint density at radius 2 is 0.560 bits per heavy atom. The summed E-state index contributed by atoms with van der Waals surface area (Å²) in [4.78, 5) is 6.06. The smallest absolute Gasteiger partial charge is 0.0839 e. The van der Waals surface area contributed by atoms with Gasteiger partial charge in [-0.3, -0.25) is 0 Å². The van der Waals surface area contributed by atoms with E-state index < -0.39 is 0 Å². The van der Waals surface area contributed by atoms with Crippen LogP contribution in [0.4, 0.5) is 0 Å². The molecule has 0 N–H and O–H groups in total. The van der Waals surface area contributed by atoms with Crippen LogP contribution in [0.5, 0.6) is 0 Å². The Hall–Kier alpha value is -0.160. The van der Waals surface area contributed by atoms with E-state index in [1.165, 1.54) is 64.1 Å². The van der Waals surface area contributed by atoms with Crippen LogP contribution in [0.15, 0.2) is 19.6 Å². The predicted molar refractivity (Wildman–Crippen MR) is 117 cm³/mol. The van der Waals surface area contributed by atoms with Crippen LogP contribution in [-0.4, -0.2) is 2.74 Å². The first-order chi connectivity index (χ1) is 11.7. The van der Waals surface area contributed by atoms with Crippen LogP contribution in [0.3, 0.4) is 0 Å². The fraction of sp³-hybridized carbons (Fsp3) is 0.429. The summed E-state index contributed by atoms with van der Waals surface area (Å²) in [6.07, 6.45) is 0. The Morgan fingerprint density at radius 1 is 0.360 bits per heavy atom. The molecule has 0 aliphatic carbocycles. The normalized spacial score (nSPS) is 17.3. The maximum Gasteiger partial charge on any atom is 0.171 e. The fourth-order valence-corrected chi connectivity index (χ4v) is 11.3. The van der Waals surface area contributed by atoms with Crippen LogP contribution in [0.2, 0.25) is 0 Å². The highest BCUT2D eigenvalue weighted by Gasteiger charge is 2.49. The summed E-state index contributed by atoms with van der Waals surface area (Å²) in [5.41, 5.74) is 11.8. The second kappa shape index (κ2) is 5.92. The Labute approximate surface area is 168 Å². The third kappa shape index (κ3) is 2.47. The lowest BCUT2D eigenvalue weighted by Crippen LogP contribution is -1.99. The number of rotatable bonds is 0. The van der Waals surface area contributed by atoms with Gasteiger partial charge in [-0.15, -0.1) is 0 Å². The lowest BCUT2D eigenvalue weighted by Gasteiger charge is -2.18. The molecule has 0 saturated carbocycles. The SMILES string of the molecule is Cc1c(C)c(C)c2c(c1C)SC1(S2)Sc2c(C)c(C)c(C)c(C)c2S1. The minimum absolute atomic E-state index is 0.107. The predicted octanol–water partition coefficient (Wildman–Crippen LogP) is 7.86. The van der Waals surface area contributed by atoms with Gasteiger partial charge in [0.15, 0.2) is 2.74 Å². The Bertz CT molecular complexity index is 785. The summed E-state index contributed by atoms with van der Waals surface area (Å²) in [5.74, 6) is 0. The van der Waals surface area contributed by atoms with Gasteiger partial charge in [-0.05, 0) is 99.9 Å². The van der Waals surface area contributed by atoms with E-state index in [-0.39, 0.29) is 2.74 Å². The van der Waals surface area contributed by atoms with Crippen LogP contribution < -0.4 is 0 Å². The Kier molecular flexibility index (Phi) is 4.31. The number of thioether (sulfide) groups is 4. The molecule has 0 amide bonds. The molecular weight excluding hydrogens is 380 g/mol. The molecule has 0 aromatic heterocycles. The number of benzene rings is 2. The fourth-order valence-electron chi connectivity index (χ4n) is 3.60. The lowest BCUT2D eigenvalue weighted by molar-refractivity contribution is 1.06. The minimum atomic E-state index is 0.107. The third-order valence-electron chi connectivity index (χ3n) is 6.06. The van der Waals surface area contributed by atoms with Crippen LogP contribution in [0, 0.1) is 55.4 Å². The van der Waals surface area contributed by atoms with Crippen LogP contribution in [-0.2, 0) is 0 Å². The molecule has 0 atom stereocenters. The molecule has 0 saturated heterocycles. The first-order valence-corrected chi connectivity index (χ1v) is 11.9. The maximum atomic E-state index is 2.30. The minimum Gasteiger partial charge on any atom is -0.0839 e. The van der Waals surface area contributed by atoms with Gasteiger partial charge in [0, 0.05) is 19.6 Å². The first kappa shape index (κ1) is 18.2. The molecule has 4 rings (SSSR count). The first-order valence-electron chi connectivity index (χ1n) is 8.63. The van der Waals surface area contributed by atoms with Crippen molar-refractivity contribution in [3.63, 3.8) is 0 Å². The van der Waals surface area contributed by atoms with Crippen molar-refractivity contribution in [1.82, 2.24) is 0 Å². The van der Waals surface area contributed by atoms with Gasteiger partial charge in [0.05, 0.1) is 0 Å². The second-order valence-electron chi connectivity index (χ2n) is 7.22. The highest BCUT2D eigenvalue weighted by atomic mass is 32.3. The molecule has 2 aliphatic heterocycles. The summed E-state index contributed by atoms with van der Waals surface area (Å²) in [5, 5.41) is 0. The summed E-state index contributed by atoms with van der Waals surface area (Å²) in [7, 11) is 0. The third-order valence-corrected chi connectivity index (χ3v) is 13.2. The Morgan fingerprint density at radius 3 is 0.760 bits per heavy atom. The van der Waals surface area contributed by atoms with Crippen molar-refractivity contribution < 1.29 is 0 Å². The average Bonchev–Trinajstić information content (AvgIpc) is 3.16. The van der Waals surface area contributed by atoms with Gasteiger partial charge in [-0.1, -0.05) is 47.0 Å². The van der Waals surface area contributed by atoms with Gasteiger partial charge in [0.25, 0.3) is 0 Å². The standard InChI is InChI=1S/C21H24S4/c1-9-10(2)14(6)18-17(13(9)5)22-21(23-18)24-19-15(7)11(3)12(4)16(8)20(19)25-21/h1-8H3. The van der Waals surface area contributed by atoms with E-state index in [1.807, 2.05) is 0 Å². The number of fused-ring (bicyclic) bond motifs is 2. The molecule has 2 aromatic carbocycles. The molecule has 2 aliphatic rings. The molecule has 2 aromatic rings. The molecule has 1 spiro atoms. The van der Waals surface area contributed by atoms with E-state index in [2.05, 4.69) is 102 Å². The van der Waals surface area contributed by atoms with E-state index >= 15 is 0 Å². The topological polar surface area (TPSA) is 0 Å². The lowest BCUT2D eigenvalue weighted by atomic mass is 9.99. The monoisotopic (exact) mass is 404 g/mol. The van der Waals surface area contributed by atoms with E-state index in [4.69, 9.17) is 0 Å². The van der Waals surface area contributed by atoms with Gasteiger partial charge in [0.2, 0.25) is 0 Å². The highest BCUT2D eigenvalue weighted by Crippen LogP contribution is 2.75. The van der Waals surface area contributed by atoms with E-state index in [9.17, 15) is 0 Å². The second-order valence-corrected chi connectivity index (χ2v) is 13.7. The van der Waals surface area contributed by atoms with Gasteiger partial charge in [0.1, 0.15) is 0 Å². The van der Waals surface area contributed by atoms with Crippen LogP contribution in [0.1, 0.15) is 44.5 Å². The molecule has 0 radical (unpaired) electrons. The summed E-state index contributed by atoms with van der Waals surface area (Å²) in [6.45, 7) is 18.3. The highest BCUT2D eigenvalue weighted by molar-refractivity contribution is 8.50. The van der Waals surface area contributed by atoms with Gasteiger partial charge < -0.3 is 0 Å². The molecule has 0 unspecified atom stereocenters. The van der Waals surface area contributed by atoms with Crippen molar-refractivity contribution in [3.05, 3.63) is 44.5 Å². The van der Waals surface area contributed by atoms with Crippen molar-refractivity contribution in [1.29, 1.82) is 0 Å². The zero-order valence-electron chi connectivity index (χ0n) is 16.1. The molecule has 2 heterocycles. The maximum absolute atomic E-state index is 2.30.